The normalized spacial score (nSPS) is 24.0. The predicted octanol–water partition coefficient (Wildman–Crippen LogP) is 4.79. The van der Waals surface area contributed by atoms with E-state index >= 15 is 0 Å². The molecule has 1 amide bonds. The fourth-order valence-corrected chi connectivity index (χ4v) is 4.73. The van der Waals surface area contributed by atoms with Crippen LogP contribution in [0.4, 0.5) is 0 Å². The molecular formula is C21H39ClN2O. The Hall–Kier alpha value is -0.280. The van der Waals surface area contributed by atoms with Crippen LogP contribution in [0.5, 0.6) is 0 Å². The molecule has 1 aliphatic heterocycles. The number of carbonyl (C=O) groups is 1. The highest BCUT2D eigenvalue weighted by Crippen LogP contribution is 2.32. The van der Waals surface area contributed by atoms with E-state index in [0.717, 1.165) is 57.0 Å². The summed E-state index contributed by atoms with van der Waals surface area (Å²) in [5.74, 6) is 2.54. The third-order valence-corrected chi connectivity index (χ3v) is 6.53. The second-order valence-corrected chi connectivity index (χ2v) is 8.68. The Kier molecular flexibility index (Phi) is 9.06. The summed E-state index contributed by atoms with van der Waals surface area (Å²) in [6.45, 7) is 5.39. The molecule has 1 unspecified atom stereocenters. The summed E-state index contributed by atoms with van der Waals surface area (Å²) in [4.78, 5) is 15.2. The fourth-order valence-electron chi connectivity index (χ4n) is 4.73. The first-order valence-electron chi connectivity index (χ1n) is 10.8. The van der Waals surface area contributed by atoms with Gasteiger partial charge in [0, 0.05) is 25.0 Å². The summed E-state index contributed by atoms with van der Waals surface area (Å²) in [5.41, 5.74) is 0. The lowest BCUT2D eigenvalue weighted by Gasteiger charge is -2.36. The summed E-state index contributed by atoms with van der Waals surface area (Å²) in [6.07, 6.45) is 15.4. The van der Waals surface area contributed by atoms with Gasteiger partial charge in [0.1, 0.15) is 0 Å². The van der Waals surface area contributed by atoms with E-state index in [1.54, 1.807) is 0 Å². The number of hydrogen-bond acceptors (Lipinski definition) is 2. The second-order valence-electron chi connectivity index (χ2n) is 8.68. The van der Waals surface area contributed by atoms with Gasteiger partial charge in [0.2, 0.25) is 5.91 Å². The van der Waals surface area contributed by atoms with Gasteiger partial charge in [-0.15, -0.1) is 12.4 Å². The molecule has 1 N–H and O–H groups in total. The molecule has 3 fully saturated rings. The third kappa shape index (κ3) is 6.75. The molecule has 0 radical (unpaired) electrons. The molecule has 3 rings (SSSR count). The molecule has 1 heterocycles. The monoisotopic (exact) mass is 370 g/mol. The molecule has 0 aromatic carbocycles. The molecule has 3 aliphatic rings. The Morgan fingerprint density at radius 2 is 1.68 bits per heavy atom. The van der Waals surface area contributed by atoms with Crippen molar-refractivity contribution in [2.45, 2.75) is 90.0 Å². The molecule has 0 aromatic heterocycles. The van der Waals surface area contributed by atoms with Gasteiger partial charge in [-0.25, -0.2) is 0 Å². The van der Waals surface area contributed by atoms with Gasteiger partial charge in [-0.2, -0.15) is 0 Å². The van der Waals surface area contributed by atoms with Crippen LogP contribution < -0.4 is 5.32 Å². The maximum absolute atomic E-state index is 13.1. The van der Waals surface area contributed by atoms with Crippen molar-refractivity contribution in [1.82, 2.24) is 10.2 Å². The second kappa shape index (κ2) is 10.8. The molecule has 1 atom stereocenters. The molecule has 1 saturated heterocycles. The van der Waals surface area contributed by atoms with Crippen molar-refractivity contribution in [2.24, 2.45) is 17.8 Å². The highest BCUT2D eigenvalue weighted by atomic mass is 35.5. The lowest BCUT2D eigenvalue weighted by molar-refractivity contribution is -0.137. The van der Waals surface area contributed by atoms with Crippen LogP contribution in [-0.2, 0) is 4.79 Å². The van der Waals surface area contributed by atoms with Crippen LogP contribution in [0.25, 0.3) is 0 Å². The average molecular weight is 371 g/mol. The van der Waals surface area contributed by atoms with Crippen molar-refractivity contribution < 1.29 is 4.79 Å². The van der Waals surface area contributed by atoms with Crippen LogP contribution in [0.15, 0.2) is 0 Å². The number of rotatable bonds is 8. The van der Waals surface area contributed by atoms with Gasteiger partial charge in [-0.3, -0.25) is 4.79 Å². The molecule has 2 aliphatic carbocycles. The Labute approximate surface area is 161 Å². The van der Waals surface area contributed by atoms with Gasteiger partial charge >= 0.3 is 0 Å². The highest BCUT2D eigenvalue weighted by molar-refractivity contribution is 5.85. The molecule has 4 heteroatoms. The zero-order valence-corrected chi connectivity index (χ0v) is 17.0. The van der Waals surface area contributed by atoms with Crippen molar-refractivity contribution in [1.29, 1.82) is 0 Å². The summed E-state index contributed by atoms with van der Waals surface area (Å²) < 4.78 is 0. The lowest BCUT2D eigenvalue weighted by atomic mass is 9.81. The first kappa shape index (κ1) is 21.0. The van der Waals surface area contributed by atoms with Crippen LogP contribution in [0, 0.1) is 17.8 Å². The van der Waals surface area contributed by atoms with Crippen molar-refractivity contribution in [2.75, 3.05) is 19.6 Å². The molecular weight excluding hydrogens is 332 g/mol. The Balaban J connectivity index is 0.00000225. The quantitative estimate of drug-likeness (QED) is 0.666. The molecule has 3 nitrogen and oxygen atoms in total. The fraction of sp³-hybridized carbons (Fsp3) is 0.952. The number of hydrogen-bond donors (Lipinski definition) is 1. The summed E-state index contributed by atoms with van der Waals surface area (Å²) in [6, 6.07) is 0.651. The molecule has 0 spiro atoms. The molecule has 0 aromatic rings. The largest absolute Gasteiger partial charge is 0.342 e. The van der Waals surface area contributed by atoms with Gasteiger partial charge < -0.3 is 10.2 Å². The number of amides is 1. The van der Waals surface area contributed by atoms with E-state index in [9.17, 15) is 4.79 Å². The van der Waals surface area contributed by atoms with E-state index in [2.05, 4.69) is 17.1 Å². The molecule has 2 saturated carbocycles. The summed E-state index contributed by atoms with van der Waals surface area (Å²) in [7, 11) is 0. The standard InChI is InChI=1S/C21H38N2O.ClH/c1-2-6-19(15-17-7-4-3-5-8-17)21(24)23-13-11-20(12-14-23)22-16-18-9-10-18;/h17-20,22H,2-16H2,1H3;1H. The molecule has 25 heavy (non-hydrogen) atoms. The van der Waals surface area contributed by atoms with E-state index < -0.39 is 0 Å². The van der Waals surface area contributed by atoms with E-state index in [-0.39, 0.29) is 12.4 Å². The topological polar surface area (TPSA) is 32.3 Å². The smallest absolute Gasteiger partial charge is 0.225 e. The Morgan fingerprint density at radius 1 is 1.00 bits per heavy atom. The van der Waals surface area contributed by atoms with E-state index in [0.29, 0.717) is 17.9 Å². The number of piperidine rings is 1. The molecule has 0 bridgehead atoms. The van der Waals surface area contributed by atoms with Gasteiger partial charge in [0.15, 0.2) is 0 Å². The Bertz CT molecular complexity index is 385. The van der Waals surface area contributed by atoms with E-state index in [1.165, 1.54) is 51.5 Å². The number of halogens is 1. The molecule has 146 valence electrons. The number of carbonyl (C=O) groups excluding carboxylic acids is 1. The Morgan fingerprint density at radius 3 is 2.28 bits per heavy atom. The number of likely N-dealkylation sites (tertiary alicyclic amines) is 1. The third-order valence-electron chi connectivity index (χ3n) is 6.53. The van der Waals surface area contributed by atoms with Crippen LogP contribution >= 0.6 is 12.4 Å². The highest BCUT2D eigenvalue weighted by Gasteiger charge is 2.30. The van der Waals surface area contributed by atoms with E-state index in [1.807, 2.05) is 0 Å². The van der Waals surface area contributed by atoms with Crippen molar-refractivity contribution in [3.05, 3.63) is 0 Å². The number of nitrogens with zero attached hydrogens (tertiary/aromatic N) is 1. The van der Waals surface area contributed by atoms with Crippen molar-refractivity contribution in [3.63, 3.8) is 0 Å². The zero-order chi connectivity index (χ0) is 16.8. The summed E-state index contributed by atoms with van der Waals surface area (Å²) >= 11 is 0. The minimum absolute atomic E-state index is 0. The van der Waals surface area contributed by atoms with E-state index in [4.69, 9.17) is 0 Å². The van der Waals surface area contributed by atoms with Gasteiger partial charge in [0.05, 0.1) is 0 Å². The maximum Gasteiger partial charge on any atom is 0.225 e. The van der Waals surface area contributed by atoms with Gasteiger partial charge in [-0.05, 0) is 56.9 Å². The zero-order valence-electron chi connectivity index (χ0n) is 16.2. The van der Waals surface area contributed by atoms with Crippen molar-refractivity contribution >= 4 is 18.3 Å². The maximum atomic E-state index is 13.1. The first-order valence-corrected chi connectivity index (χ1v) is 10.8. The van der Waals surface area contributed by atoms with Crippen LogP contribution in [0.3, 0.4) is 0 Å². The number of nitrogens with one attached hydrogen (secondary N) is 1. The minimum Gasteiger partial charge on any atom is -0.342 e. The predicted molar refractivity (Wildman–Crippen MR) is 107 cm³/mol. The van der Waals surface area contributed by atoms with Crippen LogP contribution in [-0.4, -0.2) is 36.5 Å². The van der Waals surface area contributed by atoms with Crippen LogP contribution in [0.2, 0.25) is 0 Å². The van der Waals surface area contributed by atoms with Gasteiger partial charge in [0.25, 0.3) is 0 Å². The van der Waals surface area contributed by atoms with Crippen molar-refractivity contribution in [3.8, 4) is 0 Å². The average Bonchev–Trinajstić information content (AvgIpc) is 3.45. The summed E-state index contributed by atoms with van der Waals surface area (Å²) in [5, 5.41) is 3.73. The SMILES string of the molecule is CCCC(CC1CCCCC1)C(=O)N1CCC(NCC2CC2)CC1.Cl. The minimum atomic E-state index is 0. The first-order chi connectivity index (χ1) is 11.8. The van der Waals surface area contributed by atoms with Gasteiger partial charge in [-0.1, -0.05) is 45.4 Å². The van der Waals surface area contributed by atoms with Crippen LogP contribution in [0.1, 0.15) is 84.0 Å². The lowest BCUT2D eigenvalue weighted by Crippen LogP contribution is -2.47.